The van der Waals surface area contributed by atoms with E-state index in [0.29, 0.717) is 5.88 Å². The van der Waals surface area contributed by atoms with Crippen LogP contribution in [0.1, 0.15) is 5.69 Å². The van der Waals surface area contributed by atoms with Crippen LogP contribution < -0.4 is 0 Å². The first-order valence-corrected chi connectivity index (χ1v) is 5.85. The van der Waals surface area contributed by atoms with Gasteiger partial charge in [0.1, 0.15) is 6.33 Å². The summed E-state index contributed by atoms with van der Waals surface area (Å²) in [6, 6.07) is 11.9. The van der Waals surface area contributed by atoms with E-state index < -0.39 is 0 Å². The molecule has 0 spiro atoms. The van der Waals surface area contributed by atoms with E-state index in [2.05, 4.69) is 9.97 Å². The van der Waals surface area contributed by atoms with Gasteiger partial charge in [-0.1, -0.05) is 12.1 Å². The van der Waals surface area contributed by atoms with E-state index >= 15 is 0 Å². The van der Waals surface area contributed by atoms with E-state index in [9.17, 15) is 0 Å². The Labute approximate surface area is 104 Å². The Bertz CT molecular complexity index is 660. The Morgan fingerprint density at radius 3 is 2.88 bits per heavy atom. The maximum absolute atomic E-state index is 5.79. The summed E-state index contributed by atoms with van der Waals surface area (Å²) >= 11 is 5.79. The smallest absolute Gasteiger partial charge is 0.100 e. The fourth-order valence-corrected chi connectivity index (χ4v) is 2.00. The predicted octanol–water partition coefficient (Wildman–Crippen LogP) is 3.16. The van der Waals surface area contributed by atoms with Gasteiger partial charge in [-0.2, -0.15) is 0 Å². The van der Waals surface area contributed by atoms with Crippen LogP contribution in [-0.4, -0.2) is 14.5 Å². The Morgan fingerprint density at radius 1 is 1.12 bits per heavy atom. The van der Waals surface area contributed by atoms with Gasteiger partial charge in [0.05, 0.1) is 28.3 Å². The molecule has 2 heterocycles. The van der Waals surface area contributed by atoms with Crippen LogP contribution in [-0.2, 0) is 5.88 Å². The second-order valence-electron chi connectivity index (χ2n) is 3.74. The largest absolute Gasteiger partial charge is 0.299 e. The molecule has 3 nitrogen and oxygen atoms in total. The molecule has 0 aliphatic carbocycles. The van der Waals surface area contributed by atoms with Crippen LogP contribution in [0.5, 0.6) is 0 Å². The van der Waals surface area contributed by atoms with Crippen molar-refractivity contribution in [2.45, 2.75) is 5.88 Å². The van der Waals surface area contributed by atoms with Gasteiger partial charge in [-0.15, -0.1) is 11.6 Å². The number of halogens is 1. The first-order valence-electron chi connectivity index (χ1n) is 5.32. The quantitative estimate of drug-likeness (QED) is 0.648. The minimum Gasteiger partial charge on any atom is -0.299 e. The second kappa shape index (κ2) is 4.18. The lowest BCUT2D eigenvalue weighted by Crippen LogP contribution is -1.94. The van der Waals surface area contributed by atoms with Crippen LogP contribution in [0.25, 0.3) is 16.7 Å². The van der Waals surface area contributed by atoms with Gasteiger partial charge in [0.2, 0.25) is 0 Å². The van der Waals surface area contributed by atoms with Crippen LogP contribution in [0.2, 0.25) is 0 Å². The molecule has 17 heavy (non-hydrogen) atoms. The molecule has 84 valence electrons. The lowest BCUT2D eigenvalue weighted by molar-refractivity contribution is 1.06. The van der Waals surface area contributed by atoms with E-state index in [1.54, 1.807) is 6.20 Å². The number of nitrogens with zero attached hydrogens (tertiary/aromatic N) is 3. The molecule has 0 radical (unpaired) electrons. The number of alkyl halides is 1. The normalized spacial score (nSPS) is 10.9. The van der Waals surface area contributed by atoms with Crippen LogP contribution in [0.4, 0.5) is 0 Å². The number of imidazole rings is 1. The SMILES string of the molecule is ClCc1cc(-n2cnc3ccccc32)ccn1. The van der Waals surface area contributed by atoms with Gasteiger partial charge >= 0.3 is 0 Å². The number of aromatic nitrogens is 3. The van der Waals surface area contributed by atoms with Crippen molar-refractivity contribution in [3.63, 3.8) is 0 Å². The third kappa shape index (κ3) is 1.78. The average Bonchev–Trinajstić information content (AvgIpc) is 2.82. The minimum atomic E-state index is 0.417. The van der Waals surface area contributed by atoms with E-state index in [-0.39, 0.29) is 0 Å². The van der Waals surface area contributed by atoms with Gasteiger partial charge in [0.25, 0.3) is 0 Å². The maximum atomic E-state index is 5.79. The van der Waals surface area contributed by atoms with Crippen LogP contribution in [0.3, 0.4) is 0 Å². The number of pyridine rings is 1. The molecular formula is C13H10ClN3. The molecule has 4 heteroatoms. The number of hydrogen-bond acceptors (Lipinski definition) is 2. The van der Waals surface area contributed by atoms with Crippen LogP contribution in [0.15, 0.2) is 48.9 Å². The number of hydrogen-bond donors (Lipinski definition) is 0. The summed E-state index contributed by atoms with van der Waals surface area (Å²) in [4.78, 5) is 8.54. The third-order valence-electron chi connectivity index (χ3n) is 2.67. The molecule has 0 N–H and O–H groups in total. The number of benzene rings is 1. The fourth-order valence-electron chi connectivity index (χ4n) is 1.85. The van der Waals surface area contributed by atoms with E-state index in [4.69, 9.17) is 11.6 Å². The molecule has 3 rings (SSSR count). The molecule has 3 aromatic rings. The van der Waals surface area contributed by atoms with Crippen molar-refractivity contribution in [1.29, 1.82) is 0 Å². The molecule has 0 saturated carbocycles. The lowest BCUT2D eigenvalue weighted by Gasteiger charge is -2.04. The Kier molecular flexibility index (Phi) is 2.53. The van der Waals surface area contributed by atoms with Crippen LogP contribution >= 0.6 is 11.6 Å². The maximum Gasteiger partial charge on any atom is 0.100 e. The number of fused-ring (bicyclic) bond motifs is 1. The zero-order chi connectivity index (χ0) is 11.7. The lowest BCUT2D eigenvalue weighted by atomic mass is 10.3. The molecule has 0 bridgehead atoms. The Morgan fingerprint density at radius 2 is 2.00 bits per heavy atom. The average molecular weight is 244 g/mol. The van der Waals surface area contributed by atoms with Crippen molar-refractivity contribution >= 4 is 22.6 Å². The molecule has 0 amide bonds. The molecule has 0 unspecified atom stereocenters. The first-order chi connectivity index (χ1) is 8.38. The highest BCUT2D eigenvalue weighted by Crippen LogP contribution is 2.18. The van der Waals surface area contributed by atoms with Crippen molar-refractivity contribution in [3.8, 4) is 5.69 Å². The summed E-state index contributed by atoms with van der Waals surface area (Å²) < 4.78 is 2.03. The minimum absolute atomic E-state index is 0.417. The molecule has 0 atom stereocenters. The highest BCUT2D eigenvalue weighted by Gasteiger charge is 2.04. The van der Waals surface area contributed by atoms with Gasteiger partial charge in [0.15, 0.2) is 0 Å². The van der Waals surface area contributed by atoms with Gasteiger partial charge in [-0.25, -0.2) is 4.98 Å². The molecule has 0 aliphatic heterocycles. The van der Waals surface area contributed by atoms with Crippen molar-refractivity contribution in [2.24, 2.45) is 0 Å². The number of para-hydroxylation sites is 2. The van der Waals surface area contributed by atoms with E-state index in [0.717, 1.165) is 22.4 Å². The van der Waals surface area contributed by atoms with Crippen molar-refractivity contribution in [2.75, 3.05) is 0 Å². The van der Waals surface area contributed by atoms with Gasteiger partial charge < -0.3 is 0 Å². The van der Waals surface area contributed by atoms with Crippen molar-refractivity contribution < 1.29 is 0 Å². The van der Waals surface area contributed by atoms with Gasteiger partial charge in [-0.3, -0.25) is 9.55 Å². The van der Waals surface area contributed by atoms with Crippen molar-refractivity contribution in [1.82, 2.24) is 14.5 Å². The molecule has 1 aromatic carbocycles. The van der Waals surface area contributed by atoms with Gasteiger partial charge in [0, 0.05) is 6.20 Å². The Hall–Kier alpha value is -1.87. The Balaban J connectivity index is 2.20. The molecule has 2 aromatic heterocycles. The standard InChI is InChI=1S/C13H10ClN3/c14-8-10-7-11(5-6-15-10)17-9-16-12-3-1-2-4-13(12)17/h1-7,9H,8H2. The van der Waals surface area contributed by atoms with E-state index in [1.165, 1.54) is 0 Å². The highest BCUT2D eigenvalue weighted by atomic mass is 35.5. The summed E-state index contributed by atoms with van der Waals surface area (Å²) in [5.74, 6) is 0.417. The summed E-state index contributed by atoms with van der Waals surface area (Å²) in [5, 5.41) is 0. The molecule has 0 saturated heterocycles. The summed E-state index contributed by atoms with van der Waals surface area (Å²) in [7, 11) is 0. The molecular weight excluding hydrogens is 234 g/mol. The summed E-state index contributed by atoms with van der Waals surface area (Å²) in [5.41, 5.74) is 3.96. The fraction of sp³-hybridized carbons (Fsp3) is 0.0769. The molecule has 0 fully saturated rings. The van der Waals surface area contributed by atoms with Crippen LogP contribution in [0, 0.1) is 0 Å². The summed E-state index contributed by atoms with van der Waals surface area (Å²) in [6.45, 7) is 0. The highest BCUT2D eigenvalue weighted by molar-refractivity contribution is 6.16. The van der Waals surface area contributed by atoms with Gasteiger partial charge in [-0.05, 0) is 24.3 Å². The zero-order valence-corrected chi connectivity index (χ0v) is 9.80. The second-order valence-corrected chi connectivity index (χ2v) is 4.01. The predicted molar refractivity (Wildman–Crippen MR) is 68.4 cm³/mol. The first kappa shape index (κ1) is 10.3. The van der Waals surface area contributed by atoms with Crippen molar-refractivity contribution in [3.05, 3.63) is 54.6 Å². The summed E-state index contributed by atoms with van der Waals surface area (Å²) in [6.07, 6.45) is 3.58. The monoisotopic (exact) mass is 243 g/mol. The van der Waals surface area contributed by atoms with E-state index in [1.807, 2.05) is 47.3 Å². The number of rotatable bonds is 2. The topological polar surface area (TPSA) is 30.7 Å². The molecule has 0 aliphatic rings. The zero-order valence-electron chi connectivity index (χ0n) is 9.05. The third-order valence-corrected chi connectivity index (χ3v) is 2.94.